The molecular weight excluding hydrogens is 159 g/mol. The van der Waals surface area contributed by atoms with Gasteiger partial charge in [0.05, 0.1) is 14.2 Å². The molecule has 60 valence electrons. The first-order valence-corrected chi connectivity index (χ1v) is 3.83. The first-order valence-electron chi connectivity index (χ1n) is 3.25. The third-order valence-corrected chi connectivity index (χ3v) is 1.77. The van der Waals surface area contributed by atoms with Crippen molar-refractivity contribution in [2.75, 3.05) is 14.2 Å². The standard InChI is InChI=1S/C8H11O2P/c1-9-7-4-3-6(11)5-8(7)10-2/h3-5H,11H2,1-2H3. The van der Waals surface area contributed by atoms with Crippen LogP contribution < -0.4 is 14.8 Å². The Balaban J connectivity index is 3.06. The molecule has 0 N–H and O–H groups in total. The number of benzene rings is 1. The van der Waals surface area contributed by atoms with Crippen LogP contribution in [0.25, 0.3) is 0 Å². The minimum absolute atomic E-state index is 0.763. The fourth-order valence-corrected chi connectivity index (χ4v) is 1.10. The first kappa shape index (κ1) is 8.35. The largest absolute Gasteiger partial charge is 0.493 e. The van der Waals surface area contributed by atoms with Gasteiger partial charge in [-0.2, -0.15) is 0 Å². The van der Waals surface area contributed by atoms with E-state index in [9.17, 15) is 0 Å². The van der Waals surface area contributed by atoms with Crippen LogP contribution in [0.15, 0.2) is 18.2 Å². The van der Waals surface area contributed by atoms with Crippen molar-refractivity contribution in [3.63, 3.8) is 0 Å². The summed E-state index contributed by atoms with van der Waals surface area (Å²) in [7, 11) is 5.85. The van der Waals surface area contributed by atoms with Crippen LogP contribution >= 0.6 is 9.24 Å². The van der Waals surface area contributed by atoms with E-state index < -0.39 is 0 Å². The van der Waals surface area contributed by atoms with Crippen molar-refractivity contribution >= 4 is 14.5 Å². The Morgan fingerprint density at radius 1 is 1.09 bits per heavy atom. The van der Waals surface area contributed by atoms with Gasteiger partial charge >= 0.3 is 0 Å². The predicted octanol–water partition coefficient (Wildman–Crippen LogP) is 1.20. The molecule has 3 heteroatoms. The maximum Gasteiger partial charge on any atom is 0.161 e. The lowest BCUT2D eigenvalue weighted by molar-refractivity contribution is 0.355. The zero-order valence-electron chi connectivity index (χ0n) is 6.63. The quantitative estimate of drug-likeness (QED) is 0.621. The van der Waals surface area contributed by atoms with Crippen molar-refractivity contribution < 1.29 is 9.47 Å². The summed E-state index contributed by atoms with van der Waals surface area (Å²) in [6, 6.07) is 5.73. The van der Waals surface area contributed by atoms with Gasteiger partial charge in [-0.3, -0.25) is 0 Å². The highest BCUT2D eigenvalue weighted by molar-refractivity contribution is 7.27. The fraction of sp³-hybridized carbons (Fsp3) is 0.250. The number of hydrogen-bond acceptors (Lipinski definition) is 2. The summed E-state index contributed by atoms with van der Waals surface area (Å²) in [4.78, 5) is 0. The van der Waals surface area contributed by atoms with Gasteiger partial charge in [-0.1, -0.05) is 6.07 Å². The minimum Gasteiger partial charge on any atom is -0.493 e. The Kier molecular flexibility index (Phi) is 2.72. The second kappa shape index (κ2) is 3.59. The Bertz CT molecular complexity index is 248. The Labute approximate surface area is 68.7 Å². The van der Waals surface area contributed by atoms with E-state index in [0.29, 0.717) is 0 Å². The van der Waals surface area contributed by atoms with Gasteiger partial charge in [0.2, 0.25) is 0 Å². The van der Waals surface area contributed by atoms with E-state index in [1.54, 1.807) is 14.2 Å². The average molecular weight is 170 g/mol. The second-order valence-corrected chi connectivity index (χ2v) is 2.78. The van der Waals surface area contributed by atoms with Crippen molar-refractivity contribution in [1.82, 2.24) is 0 Å². The number of hydrogen-bond donors (Lipinski definition) is 0. The third kappa shape index (κ3) is 1.84. The van der Waals surface area contributed by atoms with Crippen LogP contribution in [0.5, 0.6) is 11.5 Å². The molecule has 1 atom stereocenters. The van der Waals surface area contributed by atoms with E-state index in [4.69, 9.17) is 9.47 Å². The van der Waals surface area contributed by atoms with Crippen molar-refractivity contribution in [3.8, 4) is 11.5 Å². The molecular formula is C8H11O2P. The first-order chi connectivity index (χ1) is 5.27. The smallest absolute Gasteiger partial charge is 0.161 e. The fourth-order valence-electron chi connectivity index (χ4n) is 0.853. The highest BCUT2D eigenvalue weighted by Crippen LogP contribution is 2.24. The van der Waals surface area contributed by atoms with E-state index in [0.717, 1.165) is 16.8 Å². The summed E-state index contributed by atoms with van der Waals surface area (Å²) in [5.74, 6) is 1.53. The van der Waals surface area contributed by atoms with Crippen LogP contribution in [0.4, 0.5) is 0 Å². The van der Waals surface area contributed by atoms with Gasteiger partial charge in [0.15, 0.2) is 11.5 Å². The van der Waals surface area contributed by atoms with Gasteiger partial charge in [0, 0.05) is 0 Å². The van der Waals surface area contributed by atoms with Gasteiger partial charge in [-0.25, -0.2) is 0 Å². The number of methoxy groups -OCH3 is 2. The molecule has 1 rings (SSSR count). The zero-order chi connectivity index (χ0) is 8.27. The van der Waals surface area contributed by atoms with Gasteiger partial charge in [0.1, 0.15) is 0 Å². The highest BCUT2D eigenvalue weighted by atomic mass is 31.0. The van der Waals surface area contributed by atoms with Crippen molar-refractivity contribution in [3.05, 3.63) is 18.2 Å². The molecule has 0 heterocycles. The maximum atomic E-state index is 5.08. The van der Waals surface area contributed by atoms with E-state index in [1.165, 1.54) is 0 Å². The minimum atomic E-state index is 0.763. The normalized spacial score (nSPS) is 9.36. The highest BCUT2D eigenvalue weighted by Gasteiger charge is 2.00. The van der Waals surface area contributed by atoms with Crippen LogP contribution in [0.3, 0.4) is 0 Å². The van der Waals surface area contributed by atoms with E-state index in [2.05, 4.69) is 9.24 Å². The molecule has 11 heavy (non-hydrogen) atoms. The Morgan fingerprint density at radius 2 is 1.73 bits per heavy atom. The number of ether oxygens (including phenoxy) is 2. The number of rotatable bonds is 2. The average Bonchev–Trinajstić information content (AvgIpc) is 2.04. The summed E-state index contributed by atoms with van der Waals surface area (Å²) >= 11 is 0. The zero-order valence-corrected chi connectivity index (χ0v) is 7.78. The Hall–Kier alpha value is -0.750. The van der Waals surface area contributed by atoms with E-state index >= 15 is 0 Å². The van der Waals surface area contributed by atoms with Crippen molar-refractivity contribution in [2.45, 2.75) is 0 Å². The summed E-state index contributed by atoms with van der Waals surface area (Å²) in [6.45, 7) is 0. The molecule has 2 nitrogen and oxygen atoms in total. The van der Waals surface area contributed by atoms with Gasteiger partial charge in [-0.05, 0) is 17.4 Å². The molecule has 0 radical (unpaired) electrons. The SMILES string of the molecule is COc1ccc(P)cc1OC. The van der Waals surface area contributed by atoms with Crippen LogP contribution in [-0.2, 0) is 0 Å². The summed E-state index contributed by atoms with van der Waals surface area (Å²) in [6.07, 6.45) is 0. The maximum absolute atomic E-state index is 5.08. The molecule has 0 spiro atoms. The Morgan fingerprint density at radius 3 is 2.27 bits per heavy atom. The van der Waals surface area contributed by atoms with Gasteiger partial charge in [-0.15, -0.1) is 9.24 Å². The van der Waals surface area contributed by atoms with Crippen molar-refractivity contribution in [1.29, 1.82) is 0 Å². The second-order valence-electron chi connectivity index (χ2n) is 2.11. The molecule has 0 saturated heterocycles. The topological polar surface area (TPSA) is 18.5 Å². The van der Waals surface area contributed by atoms with Crippen LogP contribution in [0, 0.1) is 0 Å². The van der Waals surface area contributed by atoms with Crippen LogP contribution in [0.1, 0.15) is 0 Å². The predicted molar refractivity (Wildman–Crippen MR) is 48.9 cm³/mol. The molecule has 0 bridgehead atoms. The molecule has 0 amide bonds. The molecule has 1 aromatic rings. The van der Waals surface area contributed by atoms with E-state index in [-0.39, 0.29) is 0 Å². The molecule has 1 unspecified atom stereocenters. The molecule has 0 fully saturated rings. The lowest BCUT2D eigenvalue weighted by atomic mass is 10.3. The summed E-state index contributed by atoms with van der Waals surface area (Å²) < 4.78 is 10.1. The summed E-state index contributed by atoms with van der Waals surface area (Å²) in [5, 5.41) is 1.09. The monoisotopic (exact) mass is 170 g/mol. The van der Waals surface area contributed by atoms with Crippen LogP contribution in [0.2, 0.25) is 0 Å². The molecule has 0 aliphatic rings. The van der Waals surface area contributed by atoms with E-state index in [1.807, 2.05) is 18.2 Å². The molecule has 0 aliphatic heterocycles. The molecule has 1 aromatic carbocycles. The molecule has 0 saturated carbocycles. The lowest BCUT2D eigenvalue weighted by Crippen LogP contribution is -1.95. The third-order valence-electron chi connectivity index (χ3n) is 1.41. The van der Waals surface area contributed by atoms with Crippen LogP contribution in [-0.4, -0.2) is 14.2 Å². The van der Waals surface area contributed by atoms with Crippen molar-refractivity contribution in [2.24, 2.45) is 0 Å². The lowest BCUT2D eigenvalue weighted by Gasteiger charge is -2.06. The van der Waals surface area contributed by atoms with Gasteiger partial charge < -0.3 is 9.47 Å². The van der Waals surface area contributed by atoms with Gasteiger partial charge in [0.25, 0.3) is 0 Å². The summed E-state index contributed by atoms with van der Waals surface area (Å²) in [5.41, 5.74) is 0. The molecule has 0 aliphatic carbocycles. The molecule has 0 aromatic heterocycles.